The Balaban J connectivity index is 1.66. The Morgan fingerprint density at radius 2 is 1.76 bits per heavy atom. The monoisotopic (exact) mass is 228 g/mol. The van der Waals surface area contributed by atoms with Crippen molar-refractivity contribution in [3.63, 3.8) is 0 Å². The Bertz CT molecular complexity index is 385. The third kappa shape index (κ3) is 2.27. The summed E-state index contributed by atoms with van der Waals surface area (Å²) in [5.74, 6) is 0. The smallest absolute Gasteiger partial charge is 0.0529 e. The molecule has 1 aromatic carbocycles. The molecular weight excluding hydrogens is 208 g/mol. The summed E-state index contributed by atoms with van der Waals surface area (Å²) in [4.78, 5) is 7.34. The standard InChI is InChI=1S/C15H20N2/c1-17-14-7-8-15(17)10-13(9-14)16-11-12-5-3-2-4-6-12/h2-6,11,13-15H,7-10H2,1H3/t14-,15-/m0/s1. The topological polar surface area (TPSA) is 15.6 Å². The lowest BCUT2D eigenvalue weighted by molar-refractivity contribution is 0.164. The minimum atomic E-state index is 0.545. The Morgan fingerprint density at radius 3 is 2.41 bits per heavy atom. The van der Waals surface area contributed by atoms with Crippen LogP contribution in [-0.2, 0) is 0 Å². The highest BCUT2D eigenvalue weighted by Crippen LogP contribution is 2.35. The molecule has 0 unspecified atom stereocenters. The number of hydrogen-bond donors (Lipinski definition) is 0. The van der Waals surface area contributed by atoms with Gasteiger partial charge in [0.15, 0.2) is 0 Å². The molecule has 2 heteroatoms. The molecule has 2 aliphatic rings. The van der Waals surface area contributed by atoms with Crippen LogP contribution in [0.4, 0.5) is 0 Å². The Hall–Kier alpha value is -1.15. The molecule has 2 nitrogen and oxygen atoms in total. The summed E-state index contributed by atoms with van der Waals surface area (Å²) in [6.45, 7) is 0. The lowest BCUT2D eigenvalue weighted by Gasteiger charge is -2.34. The van der Waals surface area contributed by atoms with Crippen LogP contribution < -0.4 is 0 Å². The van der Waals surface area contributed by atoms with E-state index < -0.39 is 0 Å². The molecule has 2 atom stereocenters. The van der Waals surface area contributed by atoms with E-state index in [0.717, 1.165) is 12.1 Å². The van der Waals surface area contributed by atoms with Crippen LogP contribution in [0.2, 0.25) is 0 Å². The molecule has 2 aliphatic heterocycles. The molecule has 0 N–H and O–H groups in total. The van der Waals surface area contributed by atoms with Gasteiger partial charge >= 0.3 is 0 Å². The summed E-state index contributed by atoms with van der Waals surface area (Å²) < 4.78 is 0. The fourth-order valence-corrected chi connectivity index (χ4v) is 3.24. The second-order valence-corrected chi connectivity index (χ2v) is 5.36. The maximum Gasteiger partial charge on any atom is 0.0529 e. The number of nitrogens with zero attached hydrogens (tertiary/aromatic N) is 2. The van der Waals surface area contributed by atoms with Gasteiger partial charge in [-0.05, 0) is 38.3 Å². The van der Waals surface area contributed by atoms with Crippen molar-refractivity contribution in [3.05, 3.63) is 35.9 Å². The van der Waals surface area contributed by atoms with E-state index in [1.165, 1.54) is 31.2 Å². The second kappa shape index (κ2) is 4.61. The fraction of sp³-hybridized carbons (Fsp3) is 0.533. The first-order valence-corrected chi connectivity index (χ1v) is 6.63. The number of hydrogen-bond acceptors (Lipinski definition) is 2. The van der Waals surface area contributed by atoms with E-state index in [1.807, 2.05) is 6.07 Å². The van der Waals surface area contributed by atoms with E-state index in [0.29, 0.717) is 6.04 Å². The molecule has 0 amide bonds. The summed E-state index contributed by atoms with van der Waals surface area (Å²) in [6, 6.07) is 12.5. The lowest BCUT2D eigenvalue weighted by atomic mass is 9.98. The largest absolute Gasteiger partial charge is 0.300 e. The zero-order valence-electron chi connectivity index (χ0n) is 10.4. The first-order chi connectivity index (χ1) is 8.33. The van der Waals surface area contributed by atoms with Crippen LogP contribution in [0.25, 0.3) is 0 Å². The molecule has 2 fully saturated rings. The number of rotatable bonds is 2. The molecule has 0 saturated carbocycles. The zero-order chi connectivity index (χ0) is 11.7. The molecular formula is C15H20N2. The van der Waals surface area contributed by atoms with Crippen molar-refractivity contribution in [2.75, 3.05) is 7.05 Å². The predicted octanol–water partition coefficient (Wildman–Crippen LogP) is 2.73. The van der Waals surface area contributed by atoms with Crippen LogP contribution >= 0.6 is 0 Å². The minimum absolute atomic E-state index is 0.545. The van der Waals surface area contributed by atoms with Gasteiger partial charge in [0.1, 0.15) is 0 Å². The first-order valence-electron chi connectivity index (χ1n) is 6.63. The van der Waals surface area contributed by atoms with Crippen LogP contribution in [0.5, 0.6) is 0 Å². The molecule has 90 valence electrons. The van der Waals surface area contributed by atoms with E-state index in [2.05, 4.69) is 42.4 Å². The van der Waals surface area contributed by atoms with Gasteiger partial charge in [0.25, 0.3) is 0 Å². The van der Waals surface area contributed by atoms with Crippen molar-refractivity contribution in [1.82, 2.24) is 4.90 Å². The molecule has 2 saturated heterocycles. The molecule has 17 heavy (non-hydrogen) atoms. The second-order valence-electron chi connectivity index (χ2n) is 5.36. The predicted molar refractivity (Wildman–Crippen MR) is 71.6 cm³/mol. The van der Waals surface area contributed by atoms with Gasteiger partial charge in [-0.25, -0.2) is 0 Å². The molecule has 3 rings (SSSR count). The van der Waals surface area contributed by atoms with Gasteiger partial charge in [0.05, 0.1) is 6.04 Å². The Morgan fingerprint density at radius 1 is 1.12 bits per heavy atom. The number of piperidine rings is 1. The summed E-state index contributed by atoms with van der Waals surface area (Å²) >= 11 is 0. The summed E-state index contributed by atoms with van der Waals surface area (Å²) in [7, 11) is 2.28. The molecule has 0 aromatic heterocycles. The molecule has 2 bridgehead atoms. The van der Waals surface area contributed by atoms with Crippen LogP contribution in [0.3, 0.4) is 0 Å². The van der Waals surface area contributed by atoms with Gasteiger partial charge in [-0.2, -0.15) is 0 Å². The minimum Gasteiger partial charge on any atom is -0.300 e. The van der Waals surface area contributed by atoms with Gasteiger partial charge in [-0.15, -0.1) is 0 Å². The van der Waals surface area contributed by atoms with Crippen molar-refractivity contribution in [2.45, 2.75) is 43.8 Å². The van der Waals surface area contributed by atoms with Crippen molar-refractivity contribution in [3.8, 4) is 0 Å². The molecule has 1 aromatic rings. The number of benzene rings is 1. The van der Waals surface area contributed by atoms with Crippen molar-refractivity contribution in [1.29, 1.82) is 0 Å². The van der Waals surface area contributed by atoms with Gasteiger partial charge in [-0.1, -0.05) is 30.3 Å². The third-order valence-corrected chi connectivity index (χ3v) is 4.31. The quantitative estimate of drug-likeness (QED) is 0.711. The maximum absolute atomic E-state index is 4.78. The Kier molecular flexibility index (Phi) is 2.98. The van der Waals surface area contributed by atoms with E-state index >= 15 is 0 Å². The highest BCUT2D eigenvalue weighted by molar-refractivity contribution is 5.79. The van der Waals surface area contributed by atoms with E-state index in [9.17, 15) is 0 Å². The van der Waals surface area contributed by atoms with E-state index in [-0.39, 0.29) is 0 Å². The van der Waals surface area contributed by atoms with Crippen LogP contribution in [0, 0.1) is 0 Å². The summed E-state index contributed by atoms with van der Waals surface area (Å²) in [5, 5.41) is 0. The first kappa shape index (κ1) is 11.0. The fourth-order valence-electron chi connectivity index (χ4n) is 3.24. The molecule has 0 aliphatic carbocycles. The SMILES string of the molecule is CN1[C@H]2CC[C@H]1CC(N=Cc1ccccc1)C2. The molecule has 0 radical (unpaired) electrons. The van der Waals surface area contributed by atoms with Crippen molar-refractivity contribution >= 4 is 6.21 Å². The Labute approximate surface area is 103 Å². The van der Waals surface area contributed by atoms with Gasteiger partial charge in [-0.3, -0.25) is 4.99 Å². The third-order valence-electron chi connectivity index (χ3n) is 4.31. The normalized spacial score (nSPS) is 33.4. The highest BCUT2D eigenvalue weighted by Gasteiger charge is 2.37. The average Bonchev–Trinajstić information content (AvgIpc) is 2.61. The zero-order valence-corrected chi connectivity index (χ0v) is 10.4. The molecule has 2 heterocycles. The molecule has 0 spiro atoms. The highest BCUT2D eigenvalue weighted by atomic mass is 15.2. The van der Waals surface area contributed by atoms with Crippen LogP contribution in [0.1, 0.15) is 31.2 Å². The maximum atomic E-state index is 4.78. The van der Waals surface area contributed by atoms with Gasteiger partial charge in [0, 0.05) is 18.3 Å². The van der Waals surface area contributed by atoms with Crippen molar-refractivity contribution < 1.29 is 0 Å². The van der Waals surface area contributed by atoms with Crippen molar-refractivity contribution in [2.24, 2.45) is 4.99 Å². The summed E-state index contributed by atoms with van der Waals surface area (Å²) in [5.41, 5.74) is 1.22. The number of fused-ring (bicyclic) bond motifs is 2. The van der Waals surface area contributed by atoms with Crippen LogP contribution in [0.15, 0.2) is 35.3 Å². The summed E-state index contributed by atoms with van der Waals surface area (Å²) in [6.07, 6.45) is 7.29. The van der Waals surface area contributed by atoms with Gasteiger partial charge < -0.3 is 4.90 Å². The van der Waals surface area contributed by atoms with Gasteiger partial charge in [0.2, 0.25) is 0 Å². The van der Waals surface area contributed by atoms with E-state index in [1.54, 1.807) is 0 Å². The average molecular weight is 228 g/mol. The number of aliphatic imine (C=N–C) groups is 1. The van der Waals surface area contributed by atoms with E-state index in [4.69, 9.17) is 4.99 Å². The van der Waals surface area contributed by atoms with Crippen LogP contribution in [-0.4, -0.2) is 36.3 Å². The lowest BCUT2D eigenvalue weighted by Crippen LogP contribution is -2.41.